The molecule has 0 radical (unpaired) electrons. The number of amides is 2. The lowest BCUT2D eigenvalue weighted by Crippen LogP contribution is -2.60. The predicted octanol–water partition coefficient (Wildman–Crippen LogP) is 0.431. The average Bonchev–Trinajstić information content (AvgIpc) is 2.84. The van der Waals surface area contributed by atoms with Crippen molar-refractivity contribution in [2.75, 3.05) is 34.2 Å². The lowest BCUT2D eigenvalue weighted by Gasteiger charge is -2.33. The van der Waals surface area contributed by atoms with Gasteiger partial charge >= 0.3 is 0 Å². The van der Waals surface area contributed by atoms with E-state index >= 15 is 0 Å². The van der Waals surface area contributed by atoms with Crippen LogP contribution in [0.15, 0.2) is 41.5 Å². The number of aromatic hydroxyl groups is 1. The molecule has 2 aromatic rings. The first-order chi connectivity index (χ1) is 15.9. The molecule has 0 bridgehead atoms. The second-order valence-corrected chi connectivity index (χ2v) is 7.31. The molecule has 2 amide bonds. The summed E-state index contributed by atoms with van der Waals surface area (Å²) in [6.07, 6.45) is 3.81. The Morgan fingerprint density at radius 1 is 1.09 bits per heavy atom. The number of benzene rings is 1. The van der Waals surface area contributed by atoms with E-state index in [0.717, 1.165) is 12.0 Å². The zero-order valence-electron chi connectivity index (χ0n) is 19.5. The number of carbonyl (C=O) groups excluding carboxylic acids is 2. The van der Waals surface area contributed by atoms with Gasteiger partial charge in [-0.2, -0.15) is 0 Å². The van der Waals surface area contributed by atoms with Crippen molar-refractivity contribution in [1.82, 2.24) is 31.6 Å². The topological polar surface area (TPSA) is 140 Å². The summed E-state index contributed by atoms with van der Waals surface area (Å²) in [7, 11) is 5.42. The Hall–Kier alpha value is -3.34. The maximum absolute atomic E-state index is 12.1. The van der Waals surface area contributed by atoms with Crippen LogP contribution in [0.25, 0.3) is 0 Å². The number of phenols is 1. The van der Waals surface area contributed by atoms with Gasteiger partial charge in [0.2, 0.25) is 5.91 Å². The Morgan fingerprint density at radius 3 is 2.42 bits per heavy atom. The van der Waals surface area contributed by atoms with Gasteiger partial charge in [-0.3, -0.25) is 35.5 Å². The summed E-state index contributed by atoms with van der Waals surface area (Å²) in [4.78, 5) is 32.4. The first kappa shape index (κ1) is 25.9. The van der Waals surface area contributed by atoms with E-state index in [9.17, 15) is 14.7 Å². The van der Waals surface area contributed by atoms with Crippen LogP contribution < -0.4 is 26.6 Å². The second kappa shape index (κ2) is 12.6. The number of phenolic OH excluding ortho intramolecular Hbond substituents is 1. The first-order valence-corrected chi connectivity index (χ1v) is 10.8. The molecule has 0 atom stereocenters. The highest BCUT2D eigenvalue weighted by Crippen LogP contribution is 2.22. The Bertz CT molecular complexity index is 949. The van der Waals surface area contributed by atoms with Crippen molar-refractivity contribution in [3.8, 4) is 5.75 Å². The lowest BCUT2D eigenvalue weighted by molar-refractivity contribution is -0.119. The van der Waals surface area contributed by atoms with Crippen LogP contribution in [-0.4, -0.2) is 62.4 Å². The molecule has 33 heavy (non-hydrogen) atoms. The van der Waals surface area contributed by atoms with Crippen molar-refractivity contribution in [2.45, 2.75) is 25.7 Å². The molecule has 0 aliphatic carbocycles. The minimum absolute atomic E-state index is 0.0624. The third-order valence-electron chi connectivity index (χ3n) is 5.14. The molecular weight excluding hydrogens is 422 g/mol. The van der Waals surface area contributed by atoms with E-state index in [2.05, 4.69) is 36.6 Å². The minimum atomic E-state index is -0.674. The smallest absolute Gasteiger partial charge is 0.252 e. The summed E-state index contributed by atoms with van der Waals surface area (Å²) in [5, 5.41) is 25.2. The largest absolute Gasteiger partial charge is 0.507 e. The Morgan fingerprint density at radius 2 is 1.82 bits per heavy atom. The third kappa shape index (κ3) is 7.07. The molecule has 1 aromatic carbocycles. The zero-order valence-corrected chi connectivity index (χ0v) is 19.5. The van der Waals surface area contributed by atoms with Crippen LogP contribution in [0.1, 0.15) is 40.5 Å². The van der Waals surface area contributed by atoms with Crippen molar-refractivity contribution < 1.29 is 14.7 Å². The van der Waals surface area contributed by atoms with Gasteiger partial charge in [-0.1, -0.05) is 13.0 Å². The average molecular weight is 456 g/mol. The molecule has 178 valence electrons. The van der Waals surface area contributed by atoms with Crippen LogP contribution in [0, 0.1) is 0 Å². The number of nitrogens with one attached hydrogen (secondary N) is 5. The molecule has 10 heteroatoms. The monoisotopic (exact) mass is 455 g/mol. The second-order valence-electron chi connectivity index (χ2n) is 7.31. The van der Waals surface area contributed by atoms with Crippen LogP contribution in [0.5, 0.6) is 5.75 Å². The SMILES string of the molecule is CCCNC(=O)c1ccc(CNC(=O)CN=Cc2cc(C(NC)(NC)NC)ccc2O)nc1. The van der Waals surface area contributed by atoms with E-state index in [1.165, 1.54) is 12.4 Å². The van der Waals surface area contributed by atoms with Gasteiger partial charge < -0.3 is 15.7 Å². The lowest BCUT2D eigenvalue weighted by atomic mass is 10.0. The van der Waals surface area contributed by atoms with E-state index in [0.29, 0.717) is 23.4 Å². The van der Waals surface area contributed by atoms with Gasteiger partial charge in [0.15, 0.2) is 0 Å². The number of pyridine rings is 1. The number of nitrogens with zero attached hydrogens (tertiary/aromatic N) is 2. The fourth-order valence-electron chi connectivity index (χ4n) is 3.18. The summed E-state index contributed by atoms with van der Waals surface area (Å²) in [5.74, 6) is -1.07. The van der Waals surface area contributed by atoms with E-state index < -0.39 is 5.79 Å². The fourth-order valence-corrected chi connectivity index (χ4v) is 3.18. The van der Waals surface area contributed by atoms with Crippen LogP contribution in [0.4, 0.5) is 0 Å². The maximum Gasteiger partial charge on any atom is 0.252 e. The molecule has 2 rings (SSSR count). The quantitative estimate of drug-likeness (QED) is 0.201. The number of aliphatic imine (C=N–C) groups is 1. The van der Waals surface area contributed by atoms with Gasteiger partial charge in [0, 0.05) is 30.1 Å². The van der Waals surface area contributed by atoms with E-state index in [4.69, 9.17) is 0 Å². The summed E-state index contributed by atoms with van der Waals surface area (Å²) in [6.45, 7) is 2.72. The van der Waals surface area contributed by atoms with Crippen LogP contribution in [-0.2, 0) is 17.1 Å². The van der Waals surface area contributed by atoms with Crippen molar-refractivity contribution in [1.29, 1.82) is 0 Å². The minimum Gasteiger partial charge on any atom is -0.507 e. The van der Waals surface area contributed by atoms with Gasteiger partial charge in [0.1, 0.15) is 18.1 Å². The first-order valence-electron chi connectivity index (χ1n) is 10.8. The van der Waals surface area contributed by atoms with Crippen LogP contribution in [0.2, 0.25) is 0 Å². The Labute approximate surface area is 194 Å². The van der Waals surface area contributed by atoms with Crippen molar-refractivity contribution in [3.63, 3.8) is 0 Å². The predicted molar refractivity (Wildman–Crippen MR) is 128 cm³/mol. The Kier molecular flexibility index (Phi) is 9.92. The molecule has 0 aliphatic heterocycles. The molecule has 0 unspecified atom stereocenters. The Balaban J connectivity index is 1.92. The number of rotatable bonds is 12. The normalized spacial score (nSPS) is 11.5. The van der Waals surface area contributed by atoms with Gasteiger partial charge in [-0.05, 0) is 51.8 Å². The molecule has 0 spiro atoms. The number of aromatic nitrogens is 1. The van der Waals surface area contributed by atoms with Crippen molar-refractivity contribution >= 4 is 18.0 Å². The highest BCUT2D eigenvalue weighted by atomic mass is 16.3. The summed E-state index contributed by atoms with van der Waals surface area (Å²) in [5.41, 5.74) is 2.44. The molecule has 0 saturated carbocycles. The summed E-state index contributed by atoms with van der Waals surface area (Å²) in [6, 6.07) is 8.52. The highest BCUT2D eigenvalue weighted by molar-refractivity contribution is 5.93. The van der Waals surface area contributed by atoms with Crippen molar-refractivity contribution in [3.05, 3.63) is 58.9 Å². The molecule has 1 heterocycles. The van der Waals surface area contributed by atoms with E-state index in [-0.39, 0.29) is 30.7 Å². The molecule has 10 nitrogen and oxygen atoms in total. The van der Waals surface area contributed by atoms with Gasteiger partial charge in [0.05, 0.1) is 17.8 Å². The summed E-state index contributed by atoms with van der Waals surface area (Å²) < 4.78 is 0. The number of carbonyl (C=O) groups is 2. The zero-order chi connectivity index (χ0) is 24.3. The van der Waals surface area contributed by atoms with Gasteiger partial charge in [0.25, 0.3) is 5.91 Å². The van der Waals surface area contributed by atoms with Gasteiger partial charge in [-0.15, -0.1) is 0 Å². The maximum atomic E-state index is 12.1. The van der Waals surface area contributed by atoms with Crippen LogP contribution >= 0.6 is 0 Å². The number of hydrogen-bond acceptors (Lipinski definition) is 8. The van der Waals surface area contributed by atoms with E-state index in [1.807, 2.05) is 28.1 Å². The summed E-state index contributed by atoms with van der Waals surface area (Å²) >= 11 is 0. The highest BCUT2D eigenvalue weighted by Gasteiger charge is 2.26. The molecule has 0 saturated heterocycles. The van der Waals surface area contributed by atoms with Crippen molar-refractivity contribution in [2.24, 2.45) is 4.99 Å². The molecule has 0 fully saturated rings. The standard InChI is InChI=1S/C23H33N7O3/c1-5-10-28-22(33)16-6-8-19(29-13-16)14-30-21(32)15-27-12-17-11-18(7-9-20(17)31)23(24-2,25-3)26-4/h6-9,11-13,24-26,31H,5,10,14-15H2,1-4H3,(H,28,33)(H,30,32). The molecule has 1 aromatic heterocycles. The molecule has 0 aliphatic rings. The fraction of sp³-hybridized carbons (Fsp3) is 0.391. The van der Waals surface area contributed by atoms with Crippen LogP contribution in [0.3, 0.4) is 0 Å². The molecule has 6 N–H and O–H groups in total. The van der Waals surface area contributed by atoms with Gasteiger partial charge in [-0.25, -0.2) is 0 Å². The molecular formula is C23H33N7O3. The third-order valence-corrected chi connectivity index (χ3v) is 5.14. The van der Waals surface area contributed by atoms with E-state index in [1.54, 1.807) is 30.3 Å². The number of hydrogen-bond donors (Lipinski definition) is 6.